The fourth-order valence-corrected chi connectivity index (χ4v) is 2.14. The summed E-state index contributed by atoms with van der Waals surface area (Å²) < 4.78 is 41.1. The van der Waals surface area contributed by atoms with Crippen LogP contribution in [0.4, 0.5) is 18.9 Å². The van der Waals surface area contributed by atoms with Crippen LogP contribution in [0.25, 0.3) is 0 Å². The van der Waals surface area contributed by atoms with Crippen molar-refractivity contribution in [1.82, 2.24) is 5.32 Å². The number of piperazine rings is 1. The van der Waals surface area contributed by atoms with Gasteiger partial charge in [0.2, 0.25) is 0 Å². The maximum atomic E-state index is 12.1. The molecule has 1 N–H and O–H groups in total. The van der Waals surface area contributed by atoms with Crippen molar-refractivity contribution in [2.24, 2.45) is 0 Å². The smallest absolute Gasteiger partial charge is 0.422 e. The first kappa shape index (κ1) is 20.1. The highest BCUT2D eigenvalue weighted by atomic mass is 35.5. The van der Waals surface area contributed by atoms with Crippen LogP contribution in [-0.4, -0.2) is 38.5 Å². The SMILES string of the molecule is C[C@@H]1CNCCN1c1cccc(OCC(F)(F)F)c1.Cl.Cl. The van der Waals surface area contributed by atoms with Gasteiger partial charge < -0.3 is 15.0 Å². The Morgan fingerprint density at radius 2 is 2.05 bits per heavy atom. The fourth-order valence-electron chi connectivity index (χ4n) is 2.14. The Labute approximate surface area is 134 Å². The highest BCUT2D eigenvalue weighted by Gasteiger charge is 2.28. The number of halogens is 5. The Balaban J connectivity index is 0.00000200. The maximum absolute atomic E-state index is 12.1. The van der Waals surface area contributed by atoms with Crippen molar-refractivity contribution in [3.63, 3.8) is 0 Å². The van der Waals surface area contributed by atoms with Gasteiger partial charge in [0.25, 0.3) is 0 Å². The second-order valence-electron chi connectivity index (χ2n) is 4.65. The lowest BCUT2D eigenvalue weighted by Gasteiger charge is -2.36. The third-order valence-electron chi connectivity index (χ3n) is 3.05. The Morgan fingerprint density at radius 1 is 1.33 bits per heavy atom. The van der Waals surface area contributed by atoms with E-state index in [0.717, 1.165) is 25.3 Å². The van der Waals surface area contributed by atoms with E-state index < -0.39 is 12.8 Å². The molecule has 0 spiro atoms. The van der Waals surface area contributed by atoms with E-state index in [-0.39, 0.29) is 30.6 Å². The number of nitrogens with zero attached hydrogens (tertiary/aromatic N) is 1. The number of rotatable bonds is 3. The molecule has 1 aliphatic rings. The van der Waals surface area contributed by atoms with Crippen molar-refractivity contribution in [3.05, 3.63) is 24.3 Å². The molecule has 1 heterocycles. The summed E-state index contributed by atoms with van der Waals surface area (Å²) in [5.41, 5.74) is 0.897. The van der Waals surface area contributed by atoms with Gasteiger partial charge in [-0.15, -0.1) is 24.8 Å². The number of nitrogens with one attached hydrogen (secondary N) is 1. The van der Waals surface area contributed by atoms with Gasteiger partial charge in [0.15, 0.2) is 6.61 Å². The molecule has 0 bridgehead atoms. The molecule has 1 saturated heterocycles. The number of alkyl halides is 3. The molecule has 1 aromatic rings. The molecule has 0 unspecified atom stereocenters. The van der Waals surface area contributed by atoms with Gasteiger partial charge in [0, 0.05) is 37.4 Å². The Bertz CT molecular complexity index is 432. The predicted octanol–water partition coefficient (Wildman–Crippen LogP) is 3.27. The summed E-state index contributed by atoms with van der Waals surface area (Å²) in [6.45, 7) is 3.40. The zero-order chi connectivity index (χ0) is 13.9. The molecule has 3 nitrogen and oxygen atoms in total. The molecule has 8 heteroatoms. The van der Waals surface area contributed by atoms with Gasteiger partial charge in [-0.2, -0.15) is 13.2 Å². The van der Waals surface area contributed by atoms with Gasteiger partial charge in [0.1, 0.15) is 5.75 Å². The Morgan fingerprint density at radius 3 is 2.67 bits per heavy atom. The maximum Gasteiger partial charge on any atom is 0.422 e. The lowest BCUT2D eigenvalue weighted by atomic mass is 10.2. The second kappa shape index (κ2) is 8.56. The molecular formula is C13H19Cl2F3N2O. The van der Waals surface area contributed by atoms with Crippen molar-refractivity contribution in [1.29, 1.82) is 0 Å². The van der Waals surface area contributed by atoms with Gasteiger partial charge in [-0.3, -0.25) is 0 Å². The molecule has 1 aromatic carbocycles. The molecule has 1 aliphatic heterocycles. The molecule has 0 aliphatic carbocycles. The summed E-state index contributed by atoms with van der Waals surface area (Å²) in [4.78, 5) is 2.16. The van der Waals surface area contributed by atoms with Crippen molar-refractivity contribution in [3.8, 4) is 5.75 Å². The lowest BCUT2D eigenvalue weighted by Crippen LogP contribution is -2.49. The third kappa shape index (κ3) is 6.20. The monoisotopic (exact) mass is 346 g/mol. The van der Waals surface area contributed by atoms with Gasteiger partial charge in [-0.25, -0.2) is 0 Å². The first-order valence-corrected chi connectivity index (χ1v) is 6.23. The van der Waals surface area contributed by atoms with Crippen LogP contribution < -0.4 is 15.0 Å². The van der Waals surface area contributed by atoms with Crippen molar-refractivity contribution < 1.29 is 17.9 Å². The molecule has 122 valence electrons. The Hall–Kier alpha value is -0.850. The Kier molecular flexibility index (Phi) is 8.21. The van der Waals surface area contributed by atoms with Crippen LogP contribution in [0.1, 0.15) is 6.92 Å². The van der Waals surface area contributed by atoms with Crippen LogP contribution in [0.5, 0.6) is 5.75 Å². The number of ether oxygens (including phenoxy) is 1. The van der Waals surface area contributed by atoms with E-state index >= 15 is 0 Å². The van der Waals surface area contributed by atoms with Crippen LogP contribution in [0.3, 0.4) is 0 Å². The van der Waals surface area contributed by atoms with Gasteiger partial charge >= 0.3 is 6.18 Å². The van der Waals surface area contributed by atoms with Crippen molar-refractivity contribution in [2.75, 3.05) is 31.1 Å². The largest absolute Gasteiger partial charge is 0.484 e. The lowest BCUT2D eigenvalue weighted by molar-refractivity contribution is -0.153. The van der Waals surface area contributed by atoms with Crippen LogP contribution in [0.2, 0.25) is 0 Å². The molecule has 1 atom stereocenters. The fraction of sp³-hybridized carbons (Fsp3) is 0.538. The number of benzene rings is 1. The molecule has 21 heavy (non-hydrogen) atoms. The summed E-state index contributed by atoms with van der Waals surface area (Å²) in [7, 11) is 0. The molecular weight excluding hydrogens is 328 g/mol. The van der Waals surface area contributed by atoms with Crippen molar-refractivity contribution in [2.45, 2.75) is 19.1 Å². The highest BCUT2D eigenvalue weighted by molar-refractivity contribution is 5.85. The number of anilines is 1. The molecule has 0 radical (unpaired) electrons. The summed E-state index contributed by atoms with van der Waals surface area (Å²) in [6.07, 6.45) is -4.31. The zero-order valence-corrected chi connectivity index (χ0v) is 13.2. The minimum Gasteiger partial charge on any atom is -0.484 e. The first-order chi connectivity index (χ1) is 8.96. The summed E-state index contributed by atoms with van der Waals surface area (Å²) in [6, 6.07) is 7.12. The van der Waals surface area contributed by atoms with Gasteiger partial charge in [-0.1, -0.05) is 6.07 Å². The second-order valence-corrected chi connectivity index (χ2v) is 4.65. The molecule has 0 aromatic heterocycles. The molecule has 0 saturated carbocycles. The van der Waals surface area contributed by atoms with E-state index in [0.29, 0.717) is 6.04 Å². The molecule has 1 fully saturated rings. The van der Waals surface area contributed by atoms with Crippen LogP contribution in [0.15, 0.2) is 24.3 Å². The van der Waals surface area contributed by atoms with Crippen molar-refractivity contribution >= 4 is 30.5 Å². The highest BCUT2D eigenvalue weighted by Crippen LogP contribution is 2.25. The topological polar surface area (TPSA) is 24.5 Å². The van der Waals surface area contributed by atoms with E-state index in [9.17, 15) is 13.2 Å². The molecule has 2 rings (SSSR count). The van der Waals surface area contributed by atoms with E-state index in [1.807, 2.05) is 6.07 Å². The zero-order valence-electron chi connectivity index (χ0n) is 11.5. The summed E-state index contributed by atoms with van der Waals surface area (Å²) in [5, 5.41) is 3.27. The first-order valence-electron chi connectivity index (χ1n) is 6.23. The minimum atomic E-state index is -4.31. The standard InChI is InChI=1S/C13H17F3N2O.2ClH/c1-10-8-17-5-6-18(10)11-3-2-4-12(7-11)19-9-13(14,15)16;;/h2-4,7,10,17H,5-6,8-9H2,1H3;2*1H/t10-;;/m1../s1. The van der Waals surface area contributed by atoms with E-state index in [4.69, 9.17) is 4.74 Å². The van der Waals surface area contributed by atoms with Gasteiger partial charge in [-0.05, 0) is 19.1 Å². The van der Waals surface area contributed by atoms with E-state index in [1.165, 1.54) is 0 Å². The predicted molar refractivity (Wildman–Crippen MR) is 82.2 cm³/mol. The van der Waals surface area contributed by atoms with Crippen LogP contribution in [-0.2, 0) is 0 Å². The van der Waals surface area contributed by atoms with Crippen LogP contribution in [0, 0.1) is 0 Å². The minimum absolute atomic E-state index is 0. The quantitative estimate of drug-likeness (QED) is 0.908. The van der Waals surface area contributed by atoms with E-state index in [2.05, 4.69) is 17.1 Å². The summed E-state index contributed by atoms with van der Waals surface area (Å²) >= 11 is 0. The van der Waals surface area contributed by atoms with Gasteiger partial charge in [0.05, 0.1) is 0 Å². The summed E-state index contributed by atoms with van der Waals surface area (Å²) in [5.74, 6) is 0.251. The average Bonchev–Trinajstić information content (AvgIpc) is 2.36. The van der Waals surface area contributed by atoms with Crippen LogP contribution >= 0.6 is 24.8 Å². The number of hydrogen-bond acceptors (Lipinski definition) is 3. The molecule has 0 amide bonds. The third-order valence-corrected chi connectivity index (χ3v) is 3.05. The number of hydrogen-bond donors (Lipinski definition) is 1. The average molecular weight is 347 g/mol. The normalized spacial score (nSPS) is 18.5. The van der Waals surface area contributed by atoms with E-state index in [1.54, 1.807) is 18.2 Å².